The Bertz CT molecular complexity index is 1020. The summed E-state index contributed by atoms with van der Waals surface area (Å²) in [5.41, 5.74) is 28.7. The Balaban J connectivity index is 1.28. The number of nitrogens with one attached hydrogen (secondary N) is 2. The maximum Gasteiger partial charge on any atom is 0.252 e. The van der Waals surface area contributed by atoms with Gasteiger partial charge in [-0.25, -0.2) is 0 Å². The van der Waals surface area contributed by atoms with Crippen LogP contribution in [0.3, 0.4) is 0 Å². The average molecular weight is 664 g/mol. The van der Waals surface area contributed by atoms with Crippen molar-refractivity contribution < 1.29 is 54.4 Å². The molecule has 5 fully saturated rings. The maximum absolute atomic E-state index is 13.1. The Hall–Kier alpha value is -1.17. The third-order valence-electron chi connectivity index (χ3n) is 10.1. The van der Waals surface area contributed by atoms with E-state index in [0.717, 1.165) is 19.4 Å². The molecule has 5 rings (SSSR count). The molecule has 1 amide bonds. The smallest absolute Gasteiger partial charge is 0.252 e. The summed E-state index contributed by atoms with van der Waals surface area (Å²) in [7, 11) is 0. The molecular formula is C28H53N7O11. The zero-order valence-electron chi connectivity index (χ0n) is 25.8. The van der Waals surface area contributed by atoms with Crippen LogP contribution in [0.4, 0.5) is 0 Å². The van der Waals surface area contributed by atoms with Crippen LogP contribution in [0.15, 0.2) is 0 Å². The van der Waals surface area contributed by atoms with Gasteiger partial charge in [0.05, 0.1) is 36.9 Å². The topological polar surface area (TPSA) is 330 Å². The molecule has 2 saturated heterocycles. The number of aliphatic hydroxyl groups is 6. The second-order valence-electron chi connectivity index (χ2n) is 13.9. The van der Waals surface area contributed by atoms with Gasteiger partial charge in [-0.15, -0.1) is 0 Å². The molecule has 5 aliphatic rings. The van der Waals surface area contributed by atoms with E-state index in [1.54, 1.807) is 0 Å². The molecule has 0 aromatic rings. The van der Waals surface area contributed by atoms with Gasteiger partial charge in [0.25, 0.3) is 5.91 Å². The number of aliphatic hydroxyl groups excluding tert-OH is 5. The first-order chi connectivity index (χ1) is 21.7. The minimum Gasteiger partial charge on any atom is -0.394 e. The molecule has 3 saturated carbocycles. The maximum atomic E-state index is 13.1. The van der Waals surface area contributed by atoms with Crippen LogP contribution in [-0.4, -0.2) is 160 Å². The van der Waals surface area contributed by atoms with Gasteiger partial charge in [0, 0.05) is 37.5 Å². The highest BCUT2D eigenvalue weighted by atomic mass is 16.7. The first-order valence-electron chi connectivity index (χ1n) is 16.2. The van der Waals surface area contributed by atoms with Gasteiger partial charge in [0.15, 0.2) is 12.6 Å². The summed E-state index contributed by atoms with van der Waals surface area (Å²) in [6.07, 6.45) is -10.3. The Labute approximate surface area is 267 Å². The molecule has 266 valence electrons. The highest BCUT2D eigenvalue weighted by Crippen LogP contribution is 2.34. The predicted molar refractivity (Wildman–Crippen MR) is 159 cm³/mol. The minimum atomic E-state index is -1.71. The lowest BCUT2D eigenvalue weighted by molar-refractivity contribution is -0.316. The normalized spacial score (nSPS) is 51.2. The number of ether oxygens (including phenoxy) is 4. The Kier molecular flexibility index (Phi) is 11.6. The molecule has 0 spiro atoms. The second kappa shape index (κ2) is 14.8. The van der Waals surface area contributed by atoms with Gasteiger partial charge >= 0.3 is 0 Å². The van der Waals surface area contributed by atoms with E-state index in [-0.39, 0.29) is 37.8 Å². The lowest BCUT2D eigenvalue weighted by Crippen LogP contribution is -2.70. The molecule has 3 aliphatic carbocycles. The van der Waals surface area contributed by atoms with E-state index in [0.29, 0.717) is 12.5 Å². The SMILES string of the molecule is NC1CC(CNC[C@H]2O[C@H](O[C@H]3[C@H](O)[C@@H](O[C@H]4O[C@H](CO)[C@@H](O)[C@H](N)[C@H]4O)[C@H](NC(=O)C4(O)CC(N)C4)C[C@@H]3N)[C@H](N)C[C@@H]2O)C1. The van der Waals surface area contributed by atoms with Crippen molar-refractivity contribution in [2.24, 2.45) is 34.6 Å². The molecule has 18 N–H and O–H groups in total. The van der Waals surface area contributed by atoms with Crippen LogP contribution < -0.4 is 39.3 Å². The molecule has 18 nitrogen and oxygen atoms in total. The molecule has 2 aliphatic heterocycles. The van der Waals surface area contributed by atoms with Crippen molar-refractivity contribution in [3.8, 4) is 0 Å². The number of rotatable bonds is 11. The average Bonchev–Trinajstić information content (AvgIpc) is 2.97. The summed E-state index contributed by atoms with van der Waals surface area (Å²) in [5, 5.41) is 69.7. The van der Waals surface area contributed by atoms with Crippen LogP contribution in [0.1, 0.15) is 38.5 Å². The first kappa shape index (κ1) is 36.1. The highest BCUT2D eigenvalue weighted by Gasteiger charge is 2.53. The van der Waals surface area contributed by atoms with E-state index in [9.17, 15) is 35.4 Å². The van der Waals surface area contributed by atoms with E-state index in [4.69, 9.17) is 47.6 Å². The predicted octanol–water partition coefficient (Wildman–Crippen LogP) is -6.92. The molecule has 0 bridgehead atoms. The monoisotopic (exact) mass is 663 g/mol. The summed E-state index contributed by atoms with van der Waals surface area (Å²) in [4.78, 5) is 13.1. The van der Waals surface area contributed by atoms with E-state index >= 15 is 0 Å². The molecule has 0 aromatic heterocycles. The van der Waals surface area contributed by atoms with Gasteiger partial charge in [-0.05, 0) is 38.1 Å². The second-order valence-corrected chi connectivity index (χ2v) is 13.9. The molecule has 0 radical (unpaired) electrons. The quantitative estimate of drug-likeness (QED) is 0.0976. The lowest BCUT2D eigenvalue weighted by atomic mass is 9.75. The van der Waals surface area contributed by atoms with Crippen molar-refractivity contribution in [2.75, 3.05) is 19.7 Å². The first-order valence-corrected chi connectivity index (χ1v) is 16.2. The van der Waals surface area contributed by atoms with E-state index in [1.165, 1.54) is 0 Å². The number of amides is 1. The molecule has 2 heterocycles. The Morgan fingerprint density at radius 2 is 1.43 bits per heavy atom. The number of carbonyl (C=O) groups is 1. The van der Waals surface area contributed by atoms with Crippen LogP contribution in [-0.2, 0) is 23.7 Å². The van der Waals surface area contributed by atoms with Crippen molar-refractivity contribution in [1.82, 2.24) is 10.6 Å². The molecular weight excluding hydrogens is 610 g/mol. The van der Waals surface area contributed by atoms with Crippen LogP contribution in [0.5, 0.6) is 0 Å². The van der Waals surface area contributed by atoms with Crippen molar-refractivity contribution in [3.05, 3.63) is 0 Å². The van der Waals surface area contributed by atoms with E-state index in [1.807, 2.05) is 0 Å². The zero-order valence-corrected chi connectivity index (χ0v) is 25.8. The number of carbonyl (C=O) groups excluding carboxylic acids is 1. The fourth-order valence-corrected chi connectivity index (χ4v) is 7.18. The molecule has 18 heteroatoms. The lowest BCUT2D eigenvalue weighted by Gasteiger charge is -2.49. The van der Waals surface area contributed by atoms with Crippen molar-refractivity contribution in [1.29, 1.82) is 0 Å². The third-order valence-corrected chi connectivity index (χ3v) is 10.1. The van der Waals surface area contributed by atoms with Gasteiger partial charge in [-0.1, -0.05) is 0 Å². The largest absolute Gasteiger partial charge is 0.394 e. The molecule has 0 unspecified atom stereocenters. The summed E-state index contributed by atoms with van der Waals surface area (Å²) >= 11 is 0. The summed E-state index contributed by atoms with van der Waals surface area (Å²) in [5.74, 6) is -0.271. The Morgan fingerprint density at radius 3 is 2.07 bits per heavy atom. The van der Waals surface area contributed by atoms with Gasteiger partial charge in [-0.3, -0.25) is 4.79 Å². The number of hydrogen-bond acceptors (Lipinski definition) is 17. The summed E-state index contributed by atoms with van der Waals surface area (Å²) < 4.78 is 23.8. The number of nitrogens with two attached hydrogens (primary N) is 5. The van der Waals surface area contributed by atoms with Crippen molar-refractivity contribution in [2.45, 2.75) is 142 Å². The van der Waals surface area contributed by atoms with Gasteiger partial charge < -0.3 is 88.9 Å². The fourth-order valence-electron chi connectivity index (χ4n) is 7.18. The fraction of sp³-hybridized carbons (Fsp3) is 0.964. The van der Waals surface area contributed by atoms with Gasteiger partial charge in [0.1, 0.15) is 42.2 Å². The number of hydrogen-bond donors (Lipinski definition) is 13. The molecule has 0 aromatic carbocycles. The van der Waals surface area contributed by atoms with Crippen LogP contribution in [0, 0.1) is 5.92 Å². The highest BCUT2D eigenvalue weighted by molar-refractivity contribution is 5.86. The van der Waals surface area contributed by atoms with Crippen LogP contribution in [0.25, 0.3) is 0 Å². The van der Waals surface area contributed by atoms with E-state index < -0.39 is 104 Å². The van der Waals surface area contributed by atoms with Crippen LogP contribution >= 0.6 is 0 Å². The summed E-state index contributed by atoms with van der Waals surface area (Å²) in [6, 6.07) is -4.06. The van der Waals surface area contributed by atoms with Gasteiger partial charge in [0.2, 0.25) is 0 Å². The molecule has 14 atom stereocenters. The zero-order chi connectivity index (χ0) is 33.5. The standard InChI is InChI=1S/C28H53N7O11/c29-11-1-10(2-11)7-34-8-17-16(37)4-14(32)25(43-17)45-23-13(31)3-15(35-27(41)28(42)5-12(30)6-28)24(22(23)40)46-26-21(39)19(33)20(38)18(9-36)44-26/h10-26,34,36-40,42H,1-9,29-33H2,(H,35,41)/t10?,11?,12?,13-,14+,15+,16-,17+,18+,19-,20+,21+,22-,23+,24-,25+,26+,28?/m0/s1. The summed E-state index contributed by atoms with van der Waals surface area (Å²) in [6.45, 7) is 0.427. The van der Waals surface area contributed by atoms with Crippen molar-refractivity contribution >= 4 is 5.91 Å². The van der Waals surface area contributed by atoms with Crippen molar-refractivity contribution in [3.63, 3.8) is 0 Å². The minimum absolute atomic E-state index is 0.0136. The van der Waals surface area contributed by atoms with E-state index in [2.05, 4.69) is 10.6 Å². The molecule has 46 heavy (non-hydrogen) atoms. The Morgan fingerprint density at radius 1 is 0.783 bits per heavy atom. The van der Waals surface area contributed by atoms with Crippen LogP contribution in [0.2, 0.25) is 0 Å². The third kappa shape index (κ3) is 7.67. The van der Waals surface area contributed by atoms with Gasteiger partial charge in [-0.2, -0.15) is 0 Å².